The van der Waals surface area contributed by atoms with Gasteiger partial charge in [-0.3, -0.25) is 4.79 Å². The minimum Gasteiger partial charge on any atom is -0.339 e. The largest absolute Gasteiger partial charge is 0.339 e. The maximum absolute atomic E-state index is 12.4. The van der Waals surface area contributed by atoms with Gasteiger partial charge in [0.05, 0.1) is 4.88 Å². The number of hydrogen-bond acceptors (Lipinski definition) is 6. The Hall–Kier alpha value is -1.44. The Balaban J connectivity index is 0.00000192. The van der Waals surface area contributed by atoms with E-state index in [1.54, 1.807) is 11.3 Å². The number of piperazine rings is 1. The van der Waals surface area contributed by atoms with E-state index in [2.05, 4.69) is 29.3 Å². The van der Waals surface area contributed by atoms with Crippen LogP contribution in [0.25, 0.3) is 10.7 Å². The highest BCUT2D eigenvalue weighted by Crippen LogP contribution is 2.21. The number of carbonyl (C=O) groups excluding carboxylic acids is 1. The molecule has 1 aliphatic rings. The fourth-order valence-corrected chi connectivity index (χ4v) is 3.28. The molecule has 1 aliphatic heterocycles. The molecule has 2 atom stereocenters. The molecule has 1 N–H and O–H groups in total. The lowest BCUT2D eigenvalue weighted by molar-refractivity contribution is -0.134. The SMILES string of the molecule is CC1NCCN(C(=O)CCc2nc(-c3cccs3)no2)C1C.Cl. The molecule has 0 bridgehead atoms. The number of halogens is 1. The Kier molecular flexibility index (Phi) is 6.15. The summed E-state index contributed by atoms with van der Waals surface area (Å²) in [6, 6.07) is 4.44. The second kappa shape index (κ2) is 7.90. The normalized spacial score (nSPS) is 21.0. The second-order valence-electron chi connectivity index (χ2n) is 5.56. The number of rotatable bonds is 4. The molecule has 23 heavy (non-hydrogen) atoms. The third-order valence-corrected chi connectivity index (χ3v) is 4.98. The van der Waals surface area contributed by atoms with Gasteiger partial charge in [0.15, 0.2) is 0 Å². The van der Waals surface area contributed by atoms with E-state index in [9.17, 15) is 4.79 Å². The molecule has 126 valence electrons. The van der Waals surface area contributed by atoms with Crippen LogP contribution in [0.15, 0.2) is 22.0 Å². The molecule has 1 saturated heterocycles. The molecule has 2 aromatic heterocycles. The maximum Gasteiger partial charge on any atom is 0.227 e. The molecular formula is C15H21ClN4O2S. The summed E-state index contributed by atoms with van der Waals surface area (Å²) < 4.78 is 5.24. The molecule has 8 heteroatoms. The van der Waals surface area contributed by atoms with Crippen LogP contribution < -0.4 is 5.32 Å². The van der Waals surface area contributed by atoms with Crippen molar-refractivity contribution in [1.82, 2.24) is 20.4 Å². The van der Waals surface area contributed by atoms with E-state index in [0.29, 0.717) is 30.6 Å². The summed E-state index contributed by atoms with van der Waals surface area (Å²) in [6.07, 6.45) is 0.894. The number of nitrogens with one attached hydrogen (secondary N) is 1. The van der Waals surface area contributed by atoms with Crippen LogP contribution in [0.2, 0.25) is 0 Å². The minimum absolute atomic E-state index is 0. The van der Waals surface area contributed by atoms with Crippen LogP contribution in [0, 0.1) is 0 Å². The van der Waals surface area contributed by atoms with Gasteiger partial charge >= 0.3 is 0 Å². The van der Waals surface area contributed by atoms with Crippen LogP contribution in [0.3, 0.4) is 0 Å². The van der Waals surface area contributed by atoms with E-state index >= 15 is 0 Å². The highest BCUT2D eigenvalue weighted by Gasteiger charge is 2.27. The van der Waals surface area contributed by atoms with Crippen LogP contribution in [0.4, 0.5) is 0 Å². The fraction of sp³-hybridized carbons (Fsp3) is 0.533. The van der Waals surface area contributed by atoms with Gasteiger partial charge in [0.1, 0.15) is 0 Å². The number of aryl methyl sites for hydroxylation is 1. The minimum atomic E-state index is 0. The molecule has 2 aromatic rings. The van der Waals surface area contributed by atoms with Gasteiger partial charge in [-0.1, -0.05) is 11.2 Å². The van der Waals surface area contributed by atoms with Gasteiger partial charge in [0.25, 0.3) is 0 Å². The third kappa shape index (κ3) is 4.10. The van der Waals surface area contributed by atoms with Gasteiger partial charge in [-0.25, -0.2) is 0 Å². The molecule has 0 radical (unpaired) electrons. The number of nitrogens with zero attached hydrogens (tertiary/aromatic N) is 3. The van der Waals surface area contributed by atoms with E-state index in [4.69, 9.17) is 4.52 Å². The number of aromatic nitrogens is 2. The summed E-state index contributed by atoms with van der Waals surface area (Å²) in [5.41, 5.74) is 0. The molecule has 3 rings (SSSR count). The zero-order chi connectivity index (χ0) is 15.5. The average Bonchev–Trinajstić information content (AvgIpc) is 3.18. The van der Waals surface area contributed by atoms with E-state index in [1.807, 2.05) is 22.4 Å². The summed E-state index contributed by atoms with van der Waals surface area (Å²) in [4.78, 5) is 19.6. The highest BCUT2D eigenvalue weighted by molar-refractivity contribution is 7.13. The van der Waals surface area contributed by atoms with Gasteiger partial charge in [-0.2, -0.15) is 4.98 Å². The summed E-state index contributed by atoms with van der Waals surface area (Å²) in [5, 5.41) is 9.32. The Bertz CT molecular complexity index is 631. The smallest absolute Gasteiger partial charge is 0.227 e. The lowest BCUT2D eigenvalue weighted by Gasteiger charge is -2.38. The molecule has 0 aromatic carbocycles. The molecular weight excluding hydrogens is 336 g/mol. The first-order valence-electron chi connectivity index (χ1n) is 7.54. The molecule has 2 unspecified atom stereocenters. The predicted molar refractivity (Wildman–Crippen MR) is 91.8 cm³/mol. The first-order chi connectivity index (χ1) is 10.6. The molecule has 0 aliphatic carbocycles. The zero-order valence-corrected chi connectivity index (χ0v) is 14.8. The number of hydrogen-bond donors (Lipinski definition) is 1. The Morgan fingerprint density at radius 2 is 2.35 bits per heavy atom. The third-order valence-electron chi connectivity index (χ3n) is 4.12. The van der Waals surface area contributed by atoms with Crippen molar-refractivity contribution >= 4 is 29.7 Å². The van der Waals surface area contributed by atoms with Gasteiger partial charge in [0, 0.05) is 38.0 Å². The summed E-state index contributed by atoms with van der Waals surface area (Å²) >= 11 is 1.57. The van der Waals surface area contributed by atoms with E-state index in [1.165, 1.54) is 0 Å². The second-order valence-corrected chi connectivity index (χ2v) is 6.51. The van der Waals surface area contributed by atoms with Gasteiger partial charge in [-0.05, 0) is 25.3 Å². The van der Waals surface area contributed by atoms with Crippen molar-refractivity contribution in [1.29, 1.82) is 0 Å². The zero-order valence-electron chi connectivity index (χ0n) is 13.2. The van der Waals surface area contributed by atoms with Gasteiger partial charge in [0.2, 0.25) is 17.6 Å². The van der Waals surface area contributed by atoms with Gasteiger partial charge < -0.3 is 14.7 Å². The number of amides is 1. The van der Waals surface area contributed by atoms with Crippen molar-refractivity contribution in [2.75, 3.05) is 13.1 Å². The molecule has 0 spiro atoms. The monoisotopic (exact) mass is 356 g/mol. The first kappa shape index (κ1) is 17.9. The van der Waals surface area contributed by atoms with E-state index in [0.717, 1.165) is 18.0 Å². The van der Waals surface area contributed by atoms with Crippen molar-refractivity contribution in [2.24, 2.45) is 0 Å². The lowest BCUT2D eigenvalue weighted by atomic mass is 10.1. The van der Waals surface area contributed by atoms with Crippen molar-refractivity contribution in [3.05, 3.63) is 23.4 Å². The summed E-state index contributed by atoms with van der Waals surface area (Å²) in [6.45, 7) is 5.79. The van der Waals surface area contributed by atoms with Crippen LogP contribution in [-0.4, -0.2) is 46.1 Å². The highest BCUT2D eigenvalue weighted by atomic mass is 35.5. The van der Waals surface area contributed by atoms with Crippen molar-refractivity contribution in [3.8, 4) is 10.7 Å². The summed E-state index contributed by atoms with van der Waals surface area (Å²) in [5.74, 6) is 1.27. The van der Waals surface area contributed by atoms with Crippen LogP contribution in [0.1, 0.15) is 26.2 Å². The quantitative estimate of drug-likeness (QED) is 0.910. The number of carbonyl (C=O) groups is 1. The van der Waals surface area contributed by atoms with E-state index in [-0.39, 0.29) is 24.4 Å². The standard InChI is InChI=1S/C15H20N4O2S.ClH/c1-10-11(2)19(8-7-16-10)14(20)6-5-13-17-15(18-21-13)12-4-3-9-22-12;/h3-4,9-11,16H,5-8H2,1-2H3;1H. The first-order valence-corrected chi connectivity index (χ1v) is 8.42. The van der Waals surface area contributed by atoms with Gasteiger partial charge in [-0.15, -0.1) is 23.7 Å². The fourth-order valence-electron chi connectivity index (χ4n) is 2.63. The predicted octanol–water partition coefficient (Wildman–Crippen LogP) is 2.36. The molecule has 1 fully saturated rings. The number of thiophene rings is 1. The van der Waals surface area contributed by atoms with Crippen LogP contribution in [0.5, 0.6) is 0 Å². The molecule has 3 heterocycles. The molecule has 0 saturated carbocycles. The van der Waals surface area contributed by atoms with Crippen molar-refractivity contribution in [2.45, 2.75) is 38.8 Å². The van der Waals surface area contributed by atoms with Crippen LogP contribution >= 0.6 is 23.7 Å². The lowest BCUT2D eigenvalue weighted by Crippen LogP contribution is -2.57. The van der Waals surface area contributed by atoms with Crippen LogP contribution in [-0.2, 0) is 11.2 Å². The Morgan fingerprint density at radius 1 is 1.52 bits per heavy atom. The Morgan fingerprint density at radius 3 is 3.09 bits per heavy atom. The van der Waals surface area contributed by atoms with Crippen molar-refractivity contribution < 1.29 is 9.32 Å². The van der Waals surface area contributed by atoms with E-state index < -0.39 is 0 Å². The maximum atomic E-state index is 12.4. The average molecular weight is 357 g/mol. The topological polar surface area (TPSA) is 71.3 Å². The molecule has 1 amide bonds. The molecule has 6 nitrogen and oxygen atoms in total. The van der Waals surface area contributed by atoms with Crippen molar-refractivity contribution in [3.63, 3.8) is 0 Å². The summed E-state index contributed by atoms with van der Waals surface area (Å²) in [7, 11) is 0. The Labute approximate surface area is 145 Å².